The first-order valence-electron chi connectivity index (χ1n) is 5.81. The average molecular weight is 261 g/mol. The fourth-order valence-corrected chi connectivity index (χ4v) is 1.86. The average Bonchev–Trinajstić information content (AvgIpc) is 2.27. The van der Waals surface area contributed by atoms with Gasteiger partial charge in [0.1, 0.15) is 0 Å². The van der Waals surface area contributed by atoms with Crippen LogP contribution in [0.1, 0.15) is 19.4 Å². The van der Waals surface area contributed by atoms with Gasteiger partial charge in [0, 0.05) is 6.54 Å². The summed E-state index contributed by atoms with van der Waals surface area (Å²) in [5.41, 5.74) is -0.673. The molecule has 5 heteroatoms. The van der Waals surface area contributed by atoms with Crippen molar-refractivity contribution in [3.05, 3.63) is 35.9 Å². The molecule has 0 spiro atoms. The lowest BCUT2D eigenvalue weighted by molar-refractivity contribution is -0.151. The lowest BCUT2D eigenvalue weighted by atomic mass is 9.95. The first kappa shape index (κ1) is 15.0. The molecule has 0 saturated heterocycles. The van der Waals surface area contributed by atoms with E-state index in [0.29, 0.717) is 5.56 Å². The molecule has 1 aromatic rings. The Bertz CT molecular complexity index is 362. The molecule has 1 atom stereocenters. The van der Waals surface area contributed by atoms with Gasteiger partial charge in [0.05, 0.1) is 12.1 Å². The van der Waals surface area contributed by atoms with E-state index in [-0.39, 0.29) is 13.1 Å². The molecule has 18 heavy (non-hydrogen) atoms. The number of hydrogen-bond donors (Lipinski definition) is 1. The highest BCUT2D eigenvalue weighted by Crippen LogP contribution is 2.24. The number of halogens is 3. The van der Waals surface area contributed by atoms with Crippen LogP contribution in [0.25, 0.3) is 0 Å². The molecule has 1 aromatic carbocycles. The standard InChI is InChI=1S/C13H18F3NO/c1-3-17(10-13(14,15)16)9-12(2,18)11-7-5-4-6-8-11/h4-8,18H,3,9-10H2,1-2H3. The third-order valence-electron chi connectivity index (χ3n) is 2.78. The Morgan fingerprint density at radius 1 is 1.11 bits per heavy atom. The van der Waals surface area contributed by atoms with Crippen LogP contribution >= 0.6 is 0 Å². The minimum atomic E-state index is -4.25. The van der Waals surface area contributed by atoms with Crippen molar-refractivity contribution in [1.29, 1.82) is 0 Å². The SMILES string of the molecule is CCN(CC(F)(F)F)CC(C)(O)c1ccccc1. The summed E-state index contributed by atoms with van der Waals surface area (Å²) in [6.45, 7) is 2.36. The quantitative estimate of drug-likeness (QED) is 0.881. The predicted molar refractivity (Wildman–Crippen MR) is 64.2 cm³/mol. The Morgan fingerprint density at radius 2 is 1.67 bits per heavy atom. The van der Waals surface area contributed by atoms with Crippen LogP contribution in [0.3, 0.4) is 0 Å². The molecule has 1 unspecified atom stereocenters. The summed E-state index contributed by atoms with van der Waals surface area (Å²) >= 11 is 0. The molecule has 0 aliphatic rings. The summed E-state index contributed by atoms with van der Waals surface area (Å²) in [6.07, 6.45) is -4.25. The lowest BCUT2D eigenvalue weighted by Gasteiger charge is -2.31. The van der Waals surface area contributed by atoms with Crippen LogP contribution in [0, 0.1) is 0 Å². The van der Waals surface area contributed by atoms with Crippen LogP contribution in [-0.4, -0.2) is 35.8 Å². The van der Waals surface area contributed by atoms with Gasteiger partial charge in [-0.2, -0.15) is 13.2 Å². The van der Waals surface area contributed by atoms with E-state index >= 15 is 0 Å². The predicted octanol–water partition coefficient (Wildman–Crippen LogP) is 2.78. The van der Waals surface area contributed by atoms with Gasteiger partial charge in [0.25, 0.3) is 0 Å². The van der Waals surface area contributed by atoms with E-state index in [4.69, 9.17) is 0 Å². The Hall–Kier alpha value is -1.07. The van der Waals surface area contributed by atoms with E-state index in [9.17, 15) is 18.3 Å². The second-order valence-electron chi connectivity index (χ2n) is 4.56. The van der Waals surface area contributed by atoms with Crippen LogP contribution < -0.4 is 0 Å². The normalized spacial score (nSPS) is 15.7. The van der Waals surface area contributed by atoms with Gasteiger partial charge in [-0.25, -0.2) is 0 Å². The lowest BCUT2D eigenvalue weighted by Crippen LogP contribution is -2.43. The summed E-state index contributed by atoms with van der Waals surface area (Å²) in [5.74, 6) is 0. The van der Waals surface area contributed by atoms with Gasteiger partial charge in [-0.15, -0.1) is 0 Å². The number of alkyl halides is 3. The van der Waals surface area contributed by atoms with Crippen molar-refractivity contribution in [2.75, 3.05) is 19.6 Å². The Labute approximate surface area is 105 Å². The summed E-state index contributed by atoms with van der Waals surface area (Å²) in [5, 5.41) is 10.3. The van der Waals surface area contributed by atoms with Crippen molar-refractivity contribution in [2.45, 2.75) is 25.6 Å². The monoisotopic (exact) mass is 261 g/mol. The highest BCUT2D eigenvalue weighted by atomic mass is 19.4. The Balaban J connectivity index is 2.75. The second-order valence-corrected chi connectivity index (χ2v) is 4.56. The molecule has 0 amide bonds. The molecule has 0 aliphatic heterocycles. The zero-order valence-electron chi connectivity index (χ0n) is 10.5. The van der Waals surface area contributed by atoms with E-state index in [2.05, 4.69) is 0 Å². The fourth-order valence-electron chi connectivity index (χ4n) is 1.86. The molecule has 1 rings (SSSR count). The van der Waals surface area contributed by atoms with Crippen molar-refractivity contribution in [3.8, 4) is 0 Å². The van der Waals surface area contributed by atoms with Crippen LogP contribution in [-0.2, 0) is 5.60 Å². The van der Waals surface area contributed by atoms with Gasteiger partial charge in [0.2, 0.25) is 0 Å². The topological polar surface area (TPSA) is 23.5 Å². The molecule has 0 radical (unpaired) electrons. The maximum Gasteiger partial charge on any atom is 0.401 e. The smallest absolute Gasteiger partial charge is 0.384 e. The van der Waals surface area contributed by atoms with Crippen molar-refractivity contribution < 1.29 is 18.3 Å². The number of rotatable bonds is 5. The molecule has 1 N–H and O–H groups in total. The summed E-state index contributed by atoms with van der Waals surface area (Å²) in [7, 11) is 0. The van der Waals surface area contributed by atoms with Crippen molar-refractivity contribution >= 4 is 0 Å². The third kappa shape index (κ3) is 4.66. The zero-order chi connectivity index (χ0) is 13.8. The molecule has 0 fully saturated rings. The maximum absolute atomic E-state index is 12.3. The van der Waals surface area contributed by atoms with Gasteiger partial charge < -0.3 is 5.11 Å². The van der Waals surface area contributed by atoms with E-state index in [1.54, 1.807) is 37.3 Å². The van der Waals surface area contributed by atoms with Gasteiger partial charge in [-0.05, 0) is 19.0 Å². The highest BCUT2D eigenvalue weighted by Gasteiger charge is 2.33. The molecule has 2 nitrogen and oxygen atoms in total. The summed E-state index contributed by atoms with van der Waals surface area (Å²) < 4.78 is 37.0. The first-order valence-corrected chi connectivity index (χ1v) is 5.81. The number of likely N-dealkylation sites (N-methyl/N-ethyl adjacent to an activating group) is 1. The molecular weight excluding hydrogens is 243 g/mol. The largest absolute Gasteiger partial charge is 0.401 e. The number of nitrogens with zero attached hydrogens (tertiary/aromatic N) is 1. The zero-order valence-corrected chi connectivity index (χ0v) is 10.5. The number of benzene rings is 1. The molecule has 0 bridgehead atoms. The maximum atomic E-state index is 12.3. The summed E-state index contributed by atoms with van der Waals surface area (Å²) in [4.78, 5) is 1.19. The van der Waals surface area contributed by atoms with Crippen molar-refractivity contribution in [2.24, 2.45) is 0 Å². The van der Waals surface area contributed by atoms with E-state index in [1.165, 1.54) is 11.8 Å². The van der Waals surface area contributed by atoms with Crippen LogP contribution in [0.5, 0.6) is 0 Å². The molecule has 0 saturated carbocycles. The Morgan fingerprint density at radius 3 is 2.11 bits per heavy atom. The third-order valence-corrected chi connectivity index (χ3v) is 2.78. The minimum Gasteiger partial charge on any atom is -0.384 e. The molecule has 0 heterocycles. The van der Waals surface area contributed by atoms with Crippen LogP contribution in [0.2, 0.25) is 0 Å². The number of hydrogen-bond acceptors (Lipinski definition) is 2. The van der Waals surface area contributed by atoms with Crippen LogP contribution in [0.15, 0.2) is 30.3 Å². The van der Waals surface area contributed by atoms with Gasteiger partial charge >= 0.3 is 6.18 Å². The van der Waals surface area contributed by atoms with Gasteiger partial charge in [-0.1, -0.05) is 37.3 Å². The minimum absolute atomic E-state index is 0.0486. The van der Waals surface area contributed by atoms with E-state index < -0.39 is 18.3 Å². The Kier molecular flexibility index (Phi) is 4.76. The number of aliphatic hydroxyl groups is 1. The van der Waals surface area contributed by atoms with Crippen LogP contribution in [0.4, 0.5) is 13.2 Å². The van der Waals surface area contributed by atoms with E-state index in [0.717, 1.165) is 0 Å². The van der Waals surface area contributed by atoms with E-state index in [1.807, 2.05) is 0 Å². The molecular formula is C13H18F3NO. The molecule has 0 aromatic heterocycles. The van der Waals surface area contributed by atoms with Gasteiger partial charge in [-0.3, -0.25) is 4.90 Å². The molecule has 102 valence electrons. The summed E-state index contributed by atoms with van der Waals surface area (Å²) in [6, 6.07) is 8.73. The second kappa shape index (κ2) is 5.71. The van der Waals surface area contributed by atoms with Crippen molar-refractivity contribution in [3.63, 3.8) is 0 Å². The molecule has 0 aliphatic carbocycles. The van der Waals surface area contributed by atoms with Crippen molar-refractivity contribution in [1.82, 2.24) is 4.90 Å². The van der Waals surface area contributed by atoms with Gasteiger partial charge in [0.15, 0.2) is 0 Å². The fraction of sp³-hybridized carbons (Fsp3) is 0.538. The highest BCUT2D eigenvalue weighted by molar-refractivity contribution is 5.21. The first-order chi connectivity index (χ1) is 8.24.